The predicted octanol–water partition coefficient (Wildman–Crippen LogP) is 0.224. The van der Waals surface area contributed by atoms with Gasteiger partial charge in [-0.25, -0.2) is 0 Å². The summed E-state index contributed by atoms with van der Waals surface area (Å²) in [6, 6.07) is 0.491. The average molecular weight is 282 g/mol. The quantitative estimate of drug-likeness (QED) is 0.757. The molecule has 1 amide bonds. The van der Waals surface area contributed by atoms with Crippen LogP contribution in [0.15, 0.2) is 0 Å². The Morgan fingerprint density at radius 1 is 1.15 bits per heavy atom. The van der Waals surface area contributed by atoms with E-state index in [4.69, 9.17) is 0 Å². The highest BCUT2D eigenvalue weighted by atomic mass is 16.2. The van der Waals surface area contributed by atoms with E-state index in [1.165, 1.54) is 25.7 Å². The Kier molecular flexibility index (Phi) is 6.26. The maximum absolute atomic E-state index is 12.7. The van der Waals surface area contributed by atoms with E-state index in [2.05, 4.69) is 34.1 Å². The third-order valence-electron chi connectivity index (χ3n) is 4.44. The lowest BCUT2D eigenvalue weighted by atomic mass is 10.2. The Morgan fingerprint density at radius 2 is 1.80 bits per heavy atom. The number of carbonyl (C=O) groups excluding carboxylic acids is 1. The first kappa shape index (κ1) is 15.7. The first-order chi connectivity index (χ1) is 9.66. The molecule has 20 heavy (non-hydrogen) atoms. The second kappa shape index (κ2) is 7.96. The van der Waals surface area contributed by atoms with Crippen LogP contribution in [0.2, 0.25) is 0 Å². The van der Waals surface area contributed by atoms with Crippen LogP contribution in [-0.4, -0.2) is 86.6 Å². The molecule has 0 radical (unpaired) electrons. The number of hydrogen-bond acceptors (Lipinski definition) is 4. The summed E-state index contributed by atoms with van der Waals surface area (Å²) in [5.41, 5.74) is 0. The van der Waals surface area contributed by atoms with Crippen LogP contribution in [0.25, 0.3) is 0 Å². The van der Waals surface area contributed by atoms with Gasteiger partial charge >= 0.3 is 0 Å². The Labute approximate surface area is 123 Å². The van der Waals surface area contributed by atoms with Crippen molar-refractivity contribution in [2.24, 2.45) is 0 Å². The molecule has 0 aromatic rings. The van der Waals surface area contributed by atoms with Gasteiger partial charge in [0, 0.05) is 45.3 Å². The summed E-state index contributed by atoms with van der Waals surface area (Å²) in [5, 5.41) is 3.34. The Hall–Kier alpha value is -0.650. The van der Waals surface area contributed by atoms with Crippen molar-refractivity contribution in [1.29, 1.82) is 0 Å². The number of likely N-dealkylation sites (N-methyl/N-ethyl adjacent to an activating group) is 1. The third kappa shape index (κ3) is 4.72. The van der Waals surface area contributed by atoms with E-state index in [-0.39, 0.29) is 0 Å². The summed E-state index contributed by atoms with van der Waals surface area (Å²) in [4.78, 5) is 19.3. The minimum absolute atomic E-state index is 0.334. The van der Waals surface area contributed by atoms with Crippen molar-refractivity contribution in [2.75, 3.05) is 59.9 Å². The van der Waals surface area contributed by atoms with Crippen molar-refractivity contribution in [1.82, 2.24) is 20.0 Å². The molecule has 2 aliphatic rings. The summed E-state index contributed by atoms with van der Waals surface area (Å²) in [6.07, 6.45) is 4.95. The highest BCUT2D eigenvalue weighted by Crippen LogP contribution is 2.23. The molecule has 1 heterocycles. The van der Waals surface area contributed by atoms with Gasteiger partial charge in [-0.1, -0.05) is 12.8 Å². The number of nitrogens with one attached hydrogen (secondary N) is 1. The number of piperazine rings is 1. The van der Waals surface area contributed by atoms with Crippen molar-refractivity contribution in [3.8, 4) is 0 Å². The summed E-state index contributed by atoms with van der Waals surface area (Å²) >= 11 is 0. The monoisotopic (exact) mass is 282 g/mol. The minimum atomic E-state index is 0.334. The molecule has 2 rings (SSSR count). The molecule has 1 aliphatic heterocycles. The molecule has 0 aromatic heterocycles. The topological polar surface area (TPSA) is 38.8 Å². The van der Waals surface area contributed by atoms with E-state index in [1.807, 2.05) is 0 Å². The lowest BCUT2D eigenvalue weighted by Crippen LogP contribution is -2.51. The van der Waals surface area contributed by atoms with E-state index >= 15 is 0 Å². The van der Waals surface area contributed by atoms with Crippen molar-refractivity contribution < 1.29 is 4.79 Å². The fourth-order valence-electron chi connectivity index (χ4n) is 3.19. The van der Waals surface area contributed by atoms with Crippen LogP contribution >= 0.6 is 0 Å². The highest BCUT2D eigenvalue weighted by Gasteiger charge is 2.27. The van der Waals surface area contributed by atoms with Gasteiger partial charge in [0.1, 0.15) is 0 Å². The van der Waals surface area contributed by atoms with Crippen LogP contribution in [0.5, 0.6) is 0 Å². The fraction of sp³-hybridized carbons (Fsp3) is 0.933. The molecule has 0 atom stereocenters. The molecule has 0 bridgehead atoms. The van der Waals surface area contributed by atoms with E-state index in [0.29, 0.717) is 18.5 Å². The van der Waals surface area contributed by atoms with Crippen LogP contribution < -0.4 is 5.32 Å². The van der Waals surface area contributed by atoms with Crippen molar-refractivity contribution in [2.45, 2.75) is 31.7 Å². The molecule has 2 fully saturated rings. The Bertz CT molecular complexity index is 296. The lowest BCUT2D eigenvalue weighted by molar-refractivity contribution is -0.135. The molecule has 0 unspecified atom stereocenters. The first-order valence-corrected chi connectivity index (χ1v) is 8.04. The third-order valence-corrected chi connectivity index (χ3v) is 4.44. The van der Waals surface area contributed by atoms with Gasteiger partial charge in [-0.05, 0) is 26.9 Å². The van der Waals surface area contributed by atoms with E-state index < -0.39 is 0 Å². The molecule has 5 heteroatoms. The second-order valence-electron chi connectivity index (χ2n) is 6.35. The first-order valence-electron chi connectivity index (χ1n) is 8.04. The maximum atomic E-state index is 12.7. The molecule has 1 N–H and O–H groups in total. The number of nitrogens with zero attached hydrogens (tertiary/aromatic N) is 3. The van der Waals surface area contributed by atoms with Gasteiger partial charge in [0.15, 0.2) is 0 Å². The Balaban J connectivity index is 1.87. The molecular weight excluding hydrogens is 252 g/mol. The number of rotatable bonds is 6. The number of carbonyl (C=O) groups is 1. The van der Waals surface area contributed by atoms with E-state index in [9.17, 15) is 4.79 Å². The van der Waals surface area contributed by atoms with Crippen LogP contribution in [0.1, 0.15) is 25.7 Å². The number of amides is 1. The summed E-state index contributed by atoms with van der Waals surface area (Å²) < 4.78 is 0. The molecule has 1 aliphatic carbocycles. The molecule has 5 nitrogen and oxygen atoms in total. The van der Waals surface area contributed by atoms with Gasteiger partial charge in [0.25, 0.3) is 0 Å². The molecule has 0 aromatic carbocycles. The van der Waals surface area contributed by atoms with Crippen molar-refractivity contribution >= 4 is 5.91 Å². The summed E-state index contributed by atoms with van der Waals surface area (Å²) in [6.45, 7) is 6.46. The zero-order valence-electron chi connectivity index (χ0n) is 13.1. The second-order valence-corrected chi connectivity index (χ2v) is 6.35. The van der Waals surface area contributed by atoms with Gasteiger partial charge < -0.3 is 15.1 Å². The summed E-state index contributed by atoms with van der Waals surface area (Å²) in [7, 11) is 4.15. The van der Waals surface area contributed by atoms with E-state index in [1.54, 1.807) is 0 Å². The highest BCUT2D eigenvalue weighted by molar-refractivity contribution is 5.78. The van der Waals surface area contributed by atoms with Gasteiger partial charge in [0.05, 0.1) is 6.54 Å². The SMILES string of the molecule is CN(C)CCN(C(=O)CN1CCNCC1)C1CCCC1. The zero-order chi connectivity index (χ0) is 14.4. The Morgan fingerprint density at radius 3 is 2.40 bits per heavy atom. The van der Waals surface area contributed by atoms with Crippen molar-refractivity contribution in [3.63, 3.8) is 0 Å². The molecular formula is C15H30N4O. The van der Waals surface area contributed by atoms with Gasteiger partial charge in [-0.3, -0.25) is 9.69 Å². The van der Waals surface area contributed by atoms with Crippen LogP contribution in [0, 0.1) is 0 Å². The van der Waals surface area contributed by atoms with Crippen LogP contribution in [0.3, 0.4) is 0 Å². The number of hydrogen-bond donors (Lipinski definition) is 1. The van der Waals surface area contributed by atoms with Gasteiger partial charge in [0.2, 0.25) is 5.91 Å². The molecule has 1 saturated heterocycles. The average Bonchev–Trinajstić information content (AvgIpc) is 2.93. The zero-order valence-corrected chi connectivity index (χ0v) is 13.1. The smallest absolute Gasteiger partial charge is 0.237 e. The standard InChI is InChI=1S/C15H30N4O/c1-17(2)11-12-19(14-5-3-4-6-14)15(20)13-18-9-7-16-8-10-18/h14,16H,3-13H2,1-2H3. The maximum Gasteiger partial charge on any atom is 0.237 e. The molecule has 116 valence electrons. The normalized spacial score (nSPS) is 21.6. The van der Waals surface area contributed by atoms with E-state index in [0.717, 1.165) is 39.3 Å². The van der Waals surface area contributed by atoms with Gasteiger partial charge in [-0.15, -0.1) is 0 Å². The molecule has 0 spiro atoms. The van der Waals surface area contributed by atoms with Crippen LogP contribution in [0.4, 0.5) is 0 Å². The predicted molar refractivity (Wildman–Crippen MR) is 81.8 cm³/mol. The summed E-state index contributed by atoms with van der Waals surface area (Å²) in [5.74, 6) is 0.334. The van der Waals surface area contributed by atoms with Crippen molar-refractivity contribution in [3.05, 3.63) is 0 Å². The largest absolute Gasteiger partial charge is 0.337 e. The fourth-order valence-corrected chi connectivity index (χ4v) is 3.19. The minimum Gasteiger partial charge on any atom is -0.337 e. The molecule has 1 saturated carbocycles. The van der Waals surface area contributed by atoms with Crippen LogP contribution in [-0.2, 0) is 4.79 Å². The lowest BCUT2D eigenvalue weighted by Gasteiger charge is -2.33. The van der Waals surface area contributed by atoms with Gasteiger partial charge in [-0.2, -0.15) is 0 Å².